The number of rotatable bonds is 3. The van der Waals surface area contributed by atoms with Crippen molar-refractivity contribution < 1.29 is 4.39 Å². The molecule has 0 amide bonds. The predicted molar refractivity (Wildman–Crippen MR) is 72.9 cm³/mol. The molecule has 19 heavy (non-hydrogen) atoms. The number of nitrogens with one attached hydrogen (secondary N) is 1. The summed E-state index contributed by atoms with van der Waals surface area (Å²) >= 11 is 5.67. The van der Waals surface area contributed by atoms with Gasteiger partial charge in [-0.3, -0.25) is 0 Å². The van der Waals surface area contributed by atoms with Gasteiger partial charge in [0.05, 0.1) is 17.3 Å². The van der Waals surface area contributed by atoms with Crippen LogP contribution < -0.4 is 5.32 Å². The van der Waals surface area contributed by atoms with Crippen molar-refractivity contribution in [3.63, 3.8) is 0 Å². The van der Waals surface area contributed by atoms with E-state index in [-0.39, 0.29) is 10.6 Å². The summed E-state index contributed by atoms with van der Waals surface area (Å²) in [7, 11) is 0. The van der Waals surface area contributed by atoms with Crippen LogP contribution in [0.25, 0.3) is 5.69 Å². The normalized spacial score (nSPS) is 11.8. The van der Waals surface area contributed by atoms with Crippen molar-refractivity contribution in [1.82, 2.24) is 20.1 Å². The molecule has 0 aliphatic carbocycles. The Kier molecular flexibility index (Phi) is 3.87. The Morgan fingerprint density at radius 1 is 1.37 bits per heavy atom. The summed E-state index contributed by atoms with van der Waals surface area (Å²) in [5, 5.41) is 7.53. The topological polar surface area (TPSA) is 42.7 Å². The molecule has 2 aromatic rings. The molecular formula is C13H16ClFN4. The first-order valence-electron chi connectivity index (χ1n) is 5.96. The molecule has 0 atom stereocenters. The summed E-state index contributed by atoms with van der Waals surface area (Å²) in [5.41, 5.74) is 0.576. The standard InChI is InChI=1S/C13H16ClFN4/c1-13(2,3)17-7-12-16-8-18-19(12)9-4-5-10(14)11(15)6-9/h4-6,8,17H,7H2,1-3H3. The first-order valence-corrected chi connectivity index (χ1v) is 6.34. The minimum absolute atomic E-state index is 0.0258. The molecule has 0 fully saturated rings. The van der Waals surface area contributed by atoms with Gasteiger partial charge in [-0.15, -0.1) is 0 Å². The van der Waals surface area contributed by atoms with Crippen molar-refractivity contribution in [1.29, 1.82) is 0 Å². The number of hydrogen-bond acceptors (Lipinski definition) is 3. The van der Waals surface area contributed by atoms with Gasteiger partial charge in [0, 0.05) is 11.6 Å². The molecule has 0 saturated heterocycles. The van der Waals surface area contributed by atoms with Gasteiger partial charge < -0.3 is 5.32 Å². The second-order valence-corrected chi connectivity index (χ2v) is 5.70. The Labute approximate surface area is 116 Å². The van der Waals surface area contributed by atoms with Gasteiger partial charge in [0.25, 0.3) is 0 Å². The van der Waals surface area contributed by atoms with Crippen molar-refractivity contribution in [3.8, 4) is 5.69 Å². The zero-order valence-electron chi connectivity index (χ0n) is 11.1. The maximum absolute atomic E-state index is 13.5. The van der Waals surface area contributed by atoms with Gasteiger partial charge in [-0.25, -0.2) is 14.1 Å². The molecule has 4 nitrogen and oxygen atoms in total. The number of benzene rings is 1. The van der Waals surface area contributed by atoms with E-state index >= 15 is 0 Å². The molecule has 0 saturated carbocycles. The van der Waals surface area contributed by atoms with E-state index in [2.05, 4.69) is 36.2 Å². The summed E-state index contributed by atoms with van der Waals surface area (Å²) in [4.78, 5) is 4.18. The molecular weight excluding hydrogens is 267 g/mol. The van der Waals surface area contributed by atoms with E-state index in [9.17, 15) is 4.39 Å². The van der Waals surface area contributed by atoms with Crippen LogP contribution in [0.4, 0.5) is 4.39 Å². The fourth-order valence-electron chi connectivity index (χ4n) is 1.56. The highest BCUT2D eigenvalue weighted by Crippen LogP contribution is 2.18. The van der Waals surface area contributed by atoms with Crippen LogP contribution in [-0.2, 0) is 6.54 Å². The highest BCUT2D eigenvalue weighted by atomic mass is 35.5. The summed E-state index contributed by atoms with van der Waals surface area (Å²) in [6, 6.07) is 4.56. The fourth-order valence-corrected chi connectivity index (χ4v) is 1.68. The molecule has 2 rings (SSSR count). The summed E-state index contributed by atoms with van der Waals surface area (Å²) in [6.45, 7) is 6.74. The number of aromatic nitrogens is 3. The third-order valence-electron chi connectivity index (χ3n) is 2.54. The molecule has 0 bridgehead atoms. The Bertz CT molecular complexity index is 574. The van der Waals surface area contributed by atoms with Gasteiger partial charge in [-0.2, -0.15) is 5.10 Å². The second kappa shape index (κ2) is 5.27. The maximum Gasteiger partial charge on any atom is 0.146 e. The Balaban J connectivity index is 2.26. The van der Waals surface area contributed by atoms with E-state index in [1.807, 2.05) is 0 Å². The molecule has 1 heterocycles. The Hall–Kier alpha value is -1.46. The number of hydrogen-bond donors (Lipinski definition) is 1. The lowest BCUT2D eigenvalue weighted by atomic mass is 10.1. The predicted octanol–water partition coefficient (Wildman–Crippen LogP) is 2.95. The zero-order valence-corrected chi connectivity index (χ0v) is 11.9. The Morgan fingerprint density at radius 3 is 2.74 bits per heavy atom. The van der Waals surface area contributed by atoms with E-state index in [0.717, 1.165) is 5.82 Å². The monoisotopic (exact) mass is 282 g/mol. The molecule has 1 N–H and O–H groups in total. The van der Waals surface area contributed by atoms with Crippen LogP contribution in [-0.4, -0.2) is 20.3 Å². The van der Waals surface area contributed by atoms with E-state index in [4.69, 9.17) is 11.6 Å². The zero-order chi connectivity index (χ0) is 14.0. The number of nitrogens with zero attached hydrogens (tertiary/aromatic N) is 3. The average Bonchev–Trinajstić information content (AvgIpc) is 2.77. The molecule has 0 aliphatic rings. The molecule has 0 aliphatic heterocycles. The summed E-state index contributed by atoms with van der Waals surface area (Å²) in [5.74, 6) is 0.251. The highest BCUT2D eigenvalue weighted by molar-refractivity contribution is 6.30. The smallest absolute Gasteiger partial charge is 0.146 e. The van der Waals surface area contributed by atoms with Crippen molar-refractivity contribution in [3.05, 3.63) is 41.2 Å². The lowest BCUT2D eigenvalue weighted by Crippen LogP contribution is -2.35. The van der Waals surface area contributed by atoms with Crippen LogP contribution >= 0.6 is 11.6 Å². The van der Waals surface area contributed by atoms with Crippen LogP contribution in [0, 0.1) is 5.82 Å². The highest BCUT2D eigenvalue weighted by Gasteiger charge is 2.13. The van der Waals surface area contributed by atoms with E-state index in [0.29, 0.717) is 12.2 Å². The summed E-state index contributed by atoms with van der Waals surface area (Å²) in [6.07, 6.45) is 1.45. The van der Waals surface area contributed by atoms with Gasteiger partial charge in [-0.1, -0.05) is 11.6 Å². The third kappa shape index (κ3) is 3.52. The minimum atomic E-state index is -0.468. The van der Waals surface area contributed by atoms with Gasteiger partial charge in [0.1, 0.15) is 18.0 Å². The third-order valence-corrected chi connectivity index (χ3v) is 2.85. The van der Waals surface area contributed by atoms with Gasteiger partial charge >= 0.3 is 0 Å². The van der Waals surface area contributed by atoms with Crippen molar-refractivity contribution in [2.24, 2.45) is 0 Å². The quantitative estimate of drug-likeness (QED) is 0.941. The average molecular weight is 283 g/mol. The molecule has 0 unspecified atom stereocenters. The molecule has 0 radical (unpaired) electrons. The first-order chi connectivity index (χ1) is 8.87. The first kappa shape index (κ1) is 14.0. The lowest BCUT2D eigenvalue weighted by Gasteiger charge is -2.20. The lowest BCUT2D eigenvalue weighted by molar-refractivity contribution is 0.415. The Morgan fingerprint density at radius 2 is 2.11 bits per heavy atom. The molecule has 0 spiro atoms. The van der Waals surface area contributed by atoms with E-state index in [1.165, 1.54) is 18.5 Å². The molecule has 6 heteroatoms. The van der Waals surface area contributed by atoms with Crippen molar-refractivity contribution in [2.45, 2.75) is 32.9 Å². The molecule has 1 aromatic heterocycles. The van der Waals surface area contributed by atoms with E-state index < -0.39 is 5.82 Å². The molecule has 102 valence electrons. The maximum atomic E-state index is 13.5. The van der Waals surface area contributed by atoms with Gasteiger partial charge in [0.2, 0.25) is 0 Å². The van der Waals surface area contributed by atoms with Gasteiger partial charge in [0.15, 0.2) is 0 Å². The van der Waals surface area contributed by atoms with Crippen LogP contribution in [0.3, 0.4) is 0 Å². The molecule has 1 aromatic carbocycles. The minimum Gasteiger partial charge on any atom is -0.305 e. The van der Waals surface area contributed by atoms with Gasteiger partial charge in [-0.05, 0) is 32.9 Å². The fraction of sp³-hybridized carbons (Fsp3) is 0.385. The van der Waals surface area contributed by atoms with Crippen LogP contribution in [0.15, 0.2) is 24.5 Å². The van der Waals surface area contributed by atoms with Crippen molar-refractivity contribution >= 4 is 11.6 Å². The SMILES string of the molecule is CC(C)(C)NCc1ncnn1-c1ccc(Cl)c(F)c1. The largest absolute Gasteiger partial charge is 0.305 e. The van der Waals surface area contributed by atoms with Crippen LogP contribution in [0.2, 0.25) is 5.02 Å². The van der Waals surface area contributed by atoms with Crippen LogP contribution in [0.1, 0.15) is 26.6 Å². The summed E-state index contributed by atoms with van der Waals surface area (Å²) < 4.78 is 15.1. The second-order valence-electron chi connectivity index (χ2n) is 5.29. The van der Waals surface area contributed by atoms with Crippen LogP contribution in [0.5, 0.6) is 0 Å². The number of halogens is 2. The van der Waals surface area contributed by atoms with E-state index in [1.54, 1.807) is 10.7 Å². The van der Waals surface area contributed by atoms with Crippen molar-refractivity contribution in [2.75, 3.05) is 0 Å².